The van der Waals surface area contributed by atoms with Crippen LogP contribution in [0, 0.1) is 5.82 Å². The zero-order chi connectivity index (χ0) is 13.0. The minimum Gasteiger partial charge on any atom is -0.480 e. The fraction of sp³-hybridized carbons (Fsp3) is 0.273. The molecule has 0 spiro atoms. The second kappa shape index (κ2) is 5.40. The number of carboxylic acid groups (broad SMARTS) is 1. The second-order valence-electron chi connectivity index (χ2n) is 3.61. The summed E-state index contributed by atoms with van der Waals surface area (Å²) in [4.78, 5) is 21.3. The molecule has 0 bridgehead atoms. The molecule has 4 N–H and O–H groups in total. The Kier molecular flexibility index (Phi) is 4.17. The molecular formula is C11H13FN2O3. The predicted octanol–water partition coefficient (Wildman–Crippen LogP) is 0.487. The Hall–Kier alpha value is -1.95. The third kappa shape index (κ3) is 3.53. The number of aliphatic carboxylic acids is 1. The van der Waals surface area contributed by atoms with Crippen molar-refractivity contribution in [2.45, 2.75) is 19.5 Å². The van der Waals surface area contributed by atoms with E-state index in [4.69, 9.17) is 10.8 Å². The average molecular weight is 240 g/mol. The van der Waals surface area contributed by atoms with Crippen molar-refractivity contribution in [2.75, 3.05) is 0 Å². The Labute approximate surface area is 97.4 Å². The average Bonchev–Trinajstić information content (AvgIpc) is 2.26. The van der Waals surface area contributed by atoms with E-state index >= 15 is 0 Å². The van der Waals surface area contributed by atoms with E-state index in [9.17, 15) is 14.0 Å². The van der Waals surface area contributed by atoms with Gasteiger partial charge in [0.15, 0.2) is 0 Å². The van der Waals surface area contributed by atoms with Crippen LogP contribution in [-0.4, -0.2) is 23.0 Å². The van der Waals surface area contributed by atoms with Gasteiger partial charge in [-0.2, -0.15) is 0 Å². The van der Waals surface area contributed by atoms with Crippen LogP contribution < -0.4 is 11.1 Å². The quantitative estimate of drug-likeness (QED) is 0.698. The molecular weight excluding hydrogens is 227 g/mol. The smallest absolute Gasteiger partial charge is 0.320 e. The van der Waals surface area contributed by atoms with Crippen LogP contribution in [-0.2, 0) is 11.3 Å². The SMILES string of the molecule is CC(NCc1ccc(C(N)=O)cc1F)C(=O)O. The van der Waals surface area contributed by atoms with Crippen molar-refractivity contribution < 1.29 is 19.1 Å². The second-order valence-corrected chi connectivity index (χ2v) is 3.61. The van der Waals surface area contributed by atoms with E-state index in [1.54, 1.807) is 0 Å². The molecule has 0 fully saturated rings. The number of hydrogen-bond donors (Lipinski definition) is 3. The Morgan fingerprint density at radius 1 is 1.53 bits per heavy atom. The maximum Gasteiger partial charge on any atom is 0.320 e. The van der Waals surface area contributed by atoms with Gasteiger partial charge >= 0.3 is 5.97 Å². The molecule has 0 aromatic heterocycles. The largest absolute Gasteiger partial charge is 0.480 e. The van der Waals surface area contributed by atoms with E-state index in [2.05, 4.69) is 5.32 Å². The van der Waals surface area contributed by atoms with Crippen LogP contribution in [0.15, 0.2) is 18.2 Å². The van der Waals surface area contributed by atoms with Crippen LogP contribution in [0.25, 0.3) is 0 Å². The molecule has 1 amide bonds. The molecule has 1 unspecified atom stereocenters. The van der Waals surface area contributed by atoms with Crippen molar-refractivity contribution in [3.63, 3.8) is 0 Å². The van der Waals surface area contributed by atoms with Gasteiger partial charge in [-0.3, -0.25) is 9.59 Å². The van der Waals surface area contributed by atoms with Crippen molar-refractivity contribution in [1.82, 2.24) is 5.32 Å². The van der Waals surface area contributed by atoms with Crippen molar-refractivity contribution >= 4 is 11.9 Å². The van der Waals surface area contributed by atoms with Gasteiger partial charge in [-0.05, 0) is 19.1 Å². The van der Waals surface area contributed by atoms with Crippen LogP contribution in [0.1, 0.15) is 22.8 Å². The Balaban J connectivity index is 2.73. The molecule has 6 heteroatoms. The minimum atomic E-state index is -1.01. The van der Waals surface area contributed by atoms with Crippen molar-refractivity contribution in [3.05, 3.63) is 35.1 Å². The monoisotopic (exact) mass is 240 g/mol. The summed E-state index contributed by atoms with van der Waals surface area (Å²) < 4.78 is 13.5. The van der Waals surface area contributed by atoms with E-state index in [1.807, 2.05) is 0 Å². The zero-order valence-corrected chi connectivity index (χ0v) is 9.24. The van der Waals surface area contributed by atoms with E-state index in [1.165, 1.54) is 19.1 Å². The molecule has 1 aromatic carbocycles. The van der Waals surface area contributed by atoms with Crippen molar-refractivity contribution in [2.24, 2.45) is 5.73 Å². The fourth-order valence-electron chi connectivity index (χ4n) is 1.19. The first-order valence-corrected chi connectivity index (χ1v) is 4.96. The van der Waals surface area contributed by atoms with Gasteiger partial charge in [0.2, 0.25) is 5.91 Å². The van der Waals surface area contributed by atoms with E-state index in [-0.39, 0.29) is 17.7 Å². The summed E-state index contributed by atoms with van der Waals surface area (Å²) in [6.07, 6.45) is 0. The molecule has 0 radical (unpaired) electrons. The van der Waals surface area contributed by atoms with Gasteiger partial charge in [0.25, 0.3) is 0 Å². The lowest BCUT2D eigenvalue weighted by Crippen LogP contribution is -2.33. The molecule has 0 aliphatic heterocycles. The third-order valence-corrected chi connectivity index (χ3v) is 2.31. The fourth-order valence-corrected chi connectivity index (χ4v) is 1.19. The molecule has 0 aliphatic rings. The lowest BCUT2D eigenvalue weighted by molar-refractivity contribution is -0.139. The molecule has 5 nitrogen and oxygen atoms in total. The molecule has 1 rings (SSSR count). The summed E-state index contributed by atoms with van der Waals surface area (Å²) in [7, 11) is 0. The van der Waals surface area contributed by atoms with Crippen LogP contribution in [0.2, 0.25) is 0 Å². The first-order chi connectivity index (χ1) is 7.91. The van der Waals surface area contributed by atoms with E-state index in [0.29, 0.717) is 0 Å². The van der Waals surface area contributed by atoms with Crippen LogP contribution in [0.4, 0.5) is 4.39 Å². The normalized spacial score (nSPS) is 12.1. The summed E-state index contributed by atoms with van der Waals surface area (Å²) in [5.74, 6) is -2.31. The van der Waals surface area contributed by atoms with Gasteiger partial charge in [0.1, 0.15) is 11.9 Å². The molecule has 0 heterocycles. The highest BCUT2D eigenvalue weighted by Crippen LogP contribution is 2.10. The standard InChI is InChI=1S/C11H13FN2O3/c1-6(11(16)17)14-5-8-3-2-7(10(13)15)4-9(8)12/h2-4,6,14H,5H2,1H3,(H2,13,15)(H,16,17). The number of carbonyl (C=O) groups excluding carboxylic acids is 1. The number of halogens is 1. The highest BCUT2D eigenvalue weighted by Gasteiger charge is 2.12. The van der Waals surface area contributed by atoms with Gasteiger partial charge in [0.05, 0.1) is 0 Å². The summed E-state index contributed by atoms with van der Waals surface area (Å²) >= 11 is 0. The van der Waals surface area contributed by atoms with Gasteiger partial charge < -0.3 is 16.2 Å². The number of carbonyl (C=O) groups is 2. The number of nitrogens with two attached hydrogens (primary N) is 1. The van der Waals surface area contributed by atoms with Crippen LogP contribution in [0.3, 0.4) is 0 Å². The summed E-state index contributed by atoms with van der Waals surface area (Å²) in [5.41, 5.74) is 5.36. The minimum absolute atomic E-state index is 0.0678. The topological polar surface area (TPSA) is 92.4 Å². The molecule has 17 heavy (non-hydrogen) atoms. The van der Waals surface area contributed by atoms with Gasteiger partial charge in [-0.15, -0.1) is 0 Å². The molecule has 1 atom stereocenters. The number of benzene rings is 1. The summed E-state index contributed by atoms with van der Waals surface area (Å²) in [5, 5.41) is 11.3. The summed E-state index contributed by atoms with van der Waals surface area (Å²) in [6, 6.07) is 3.06. The molecule has 0 saturated carbocycles. The van der Waals surface area contributed by atoms with E-state index in [0.717, 1.165) is 6.07 Å². The van der Waals surface area contributed by atoms with Crippen molar-refractivity contribution in [1.29, 1.82) is 0 Å². The van der Waals surface area contributed by atoms with Crippen LogP contribution >= 0.6 is 0 Å². The van der Waals surface area contributed by atoms with E-state index < -0.39 is 23.7 Å². The first-order valence-electron chi connectivity index (χ1n) is 4.96. The highest BCUT2D eigenvalue weighted by atomic mass is 19.1. The third-order valence-electron chi connectivity index (χ3n) is 2.31. The number of nitrogens with one attached hydrogen (secondary N) is 1. The number of amides is 1. The Bertz CT molecular complexity index is 448. The number of carboxylic acids is 1. The van der Waals surface area contributed by atoms with Gasteiger partial charge in [-0.1, -0.05) is 6.07 Å². The zero-order valence-electron chi connectivity index (χ0n) is 9.24. The first kappa shape index (κ1) is 13.1. The number of primary amides is 1. The summed E-state index contributed by atoms with van der Waals surface area (Å²) in [6.45, 7) is 1.52. The lowest BCUT2D eigenvalue weighted by Gasteiger charge is -2.10. The highest BCUT2D eigenvalue weighted by molar-refractivity contribution is 5.92. The molecule has 92 valence electrons. The number of rotatable bonds is 5. The lowest BCUT2D eigenvalue weighted by atomic mass is 10.1. The molecule has 0 saturated heterocycles. The predicted molar refractivity (Wildman–Crippen MR) is 58.9 cm³/mol. The maximum absolute atomic E-state index is 13.5. The van der Waals surface area contributed by atoms with Crippen molar-refractivity contribution in [3.8, 4) is 0 Å². The van der Waals surface area contributed by atoms with Gasteiger partial charge in [-0.25, -0.2) is 4.39 Å². The maximum atomic E-state index is 13.5. The molecule has 1 aromatic rings. The van der Waals surface area contributed by atoms with Crippen LogP contribution in [0.5, 0.6) is 0 Å². The Morgan fingerprint density at radius 2 is 2.18 bits per heavy atom. The Morgan fingerprint density at radius 3 is 2.65 bits per heavy atom. The van der Waals surface area contributed by atoms with Gasteiger partial charge in [0, 0.05) is 17.7 Å². The molecule has 0 aliphatic carbocycles. The number of hydrogen-bond acceptors (Lipinski definition) is 3.